The van der Waals surface area contributed by atoms with Crippen molar-refractivity contribution in [2.24, 2.45) is 5.92 Å². The highest BCUT2D eigenvalue weighted by Crippen LogP contribution is 2.20. The van der Waals surface area contributed by atoms with Crippen LogP contribution in [0, 0.1) is 16.6 Å². The minimum Gasteiger partial charge on any atom is -0.224 e. The summed E-state index contributed by atoms with van der Waals surface area (Å²) >= 11 is 1.02. The summed E-state index contributed by atoms with van der Waals surface area (Å²) in [4.78, 5) is 1.09. The van der Waals surface area contributed by atoms with Crippen molar-refractivity contribution in [2.45, 2.75) is 30.1 Å². The van der Waals surface area contributed by atoms with Gasteiger partial charge >= 0.3 is 0 Å². The van der Waals surface area contributed by atoms with Crippen LogP contribution in [0.4, 0.5) is 0 Å². The van der Waals surface area contributed by atoms with Gasteiger partial charge in [-0.05, 0) is 48.4 Å². The van der Waals surface area contributed by atoms with E-state index in [-0.39, 0.29) is 5.75 Å². The van der Waals surface area contributed by atoms with E-state index < -0.39 is 9.84 Å². The van der Waals surface area contributed by atoms with Crippen molar-refractivity contribution in [1.29, 1.82) is 5.26 Å². The Morgan fingerprint density at radius 1 is 1.29 bits per heavy atom. The van der Waals surface area contributed by atoms with E-state index in [1.165, 1.54) is 0 Å². The standard InChI is InChI=1S/C12H15NO2S2/c1-10(2)7-8-17(14,15)12-5-3-11(4-6-12)16-9-13/h3-6,10H,7-8H2,1-2H3. The Balaban J connectivity index is 2.82. The summed E-state index contributed by atoms with van der Waals surface area (Å²) in [5.74, 6) is 0.549. The summed E-state index contributed by atoms with van der Waals surface area (Å²) in [5.41, 5.74) is 0. The average Bonchev–Trinajstić information content (AvgIpc) is 2.28. The third-order valence-corrected chi connectivity index (χ3v) is 4.67. The normalized spacial score (nSPS) is 11.4. The largest absolute Gasteiger partial charge is 0.224 e. The van der Waals surface area contributed by atoms with Crippen molar-refractivity contribution in [1.82, 2.24) is 0 Å². The van der Waals surface area contributed by atoms with Gasteiger partial charge in [-0.3, -0.25) is 0 Å². The molecule has 3 nitrogen and oxygen atoms in total. The number of thioether (sulfide) groups is 1. The van der Waals surface area contributed by atoms with Crippen molar-refractivity contribution < 1.29 is 8.42 Å². The van der Waals surface area contributed by atoms with Gasteiger partial charge in [-0.15, -0.1) is 0 Å². The molecule has 0 aliphatic rings. The predicted octanol–water partition coefficient (Wildman–Crippen LogP) is 3.08. The lowest BCUT2D eigenvalue weighted by atomic mass is 10.2. The van der Waals surface area contributed by atoms with Crippen LogP contribution >= 0.6 is 11.8 Å². The van der Waals surface area contributed by atoms with Crippen molar-refractivity contribution in [3.05, 3.63) is 24.3 Å². The Bertz CT molecular complexity index is 498. The molecule has 0 fully saturated rings. The van der Waals surface area contributed by atoms with Crippen LogP contribution < -0.4 is 0 Å². The number of thiocyanates is 1. The highest BCUT2D eigenvalue weighted by Gasteiger charge is 2.14. The van der Waals surface area contributed by atoms with Gasteiger partial charge in [-0.1, -0.05) is 13.8 Å². The van der Waals surface area contributed by atoms with E-state index in [2.05, 4.69) is 0 Å². The van der Waals surface area contributed by atoms with E-state index in [4.69, 9.17) is 5.26 Å². The van der Waals surface area contributed by atoms with Gasteiger partial charge in [0.05, 0.1) is 10.6 Å². The first-order valence-electron chi connectivity index (χ1n) is 5.34. The molecule has 0 unspecified atom stereocenters. The van der Waals surface area contributed by atoms with E-state index in [0.29, 0.717) is 17.2 Å². The lowest BCUT2D eigenvalue weighted by molar-refractivity contribution is 0.573. The van der Waals surface area contributed by atoms with Crippen LogP contribution in [-0.2, 0) is 9.84 Å². The Labute approximate surface area is 107 Å². The minimum absolute atomic E-state index is 0.176. The number of rotatable bonds is 5. The molecule has 0 aliphatic carbocycles. The van der Waals surface area contributed by atoms with E-state index in [1.807, 2.05) is 19.2 Å². The van der Waals surface area contributed by atoms with Crippen LogP contribution in [0.2, 0.25) is 0 Å². The third-order valence-electron chi connectivity index (χ3n) is 2.31. The molecule has 0 bridgehead atoms. The smallest absolute Gasteiger partial charge is 0.178 e. The molecule has 0 saturated heterocycles. The molecule has 0 radical (unpaired) electrons. The van der Waals surface area contributed by atoms with E-state index in [1.54, 1.807) is 24.3 Å². The molecule has 0 spiro atoms. The fourth-order valence-corrected chi connectivity index (χ4v) is 3.22. The molecular weight excluding hydrogens is 254 g/mol. The molecule has 0 saturated carbocycles. The van der Waals surface area contributed by atoms with E-state index in [0.717, 1.165) is 16.7 Å². The molecule has 0 aliphatic heterocycles. The lowest BCUT2D eigenvalue weighted by Crippen LogP contribution is -2.08. The van der Waals surface area contributed by atoms with Crippen LogP contribution in [0.1, 0.15) is 20.3 Å². The number of hydrogen-bond donors (Lipinski definition) is 0. The van der Waals surface area contributed by atoms with Crippen LogP contribution in [0.15, 0.2) is 34.1 Å². The summed E-state index contributed by atoms with van der Waals surface area (Å²) in [6.07, 6.45) is 0.664. The number of nitriles is 1. The second-order valence-electron chi connectivity index (χ2n) is 4.17. The highest BCUT2D eigenvalue weighted by atomic mass is 32.2. The minimum atomic E-state index is -3.18. The van der Waals surface area contributed by atoms with Gasteiger partial charge in [0.2, 0.25) is 0 Å². The molecule has 92 valence electrons. The quantitative estimate of drug-likeness (QED) is 0.609. The molecule has 17 heavy (non-hydrogen) atoms. The van der Waals surface area contributed by atoms with Crippen molar-refractivity contribution >= 4 is 21.6 Å². The Morgan fingerprint density at radius 2 is 1.88 bits per heavy atom. The van der Waals surface area contributed by atoms with E-state index in [9.17, 15) is 8.42 Å². The van der Waals surface area contributed by atoms with Crippen molar-refractivity contribution in [2.75, 3.05) is 5.75 Å². The van der Waals surface area contributed by atoms with Crippen LogP contribution in [0.25, 0.3) is 0 Å². The SMILES string of the molecule is CC(C)CCS(=O)(=O)c1ccc(SC#N)cc1. The fourth-order valence-electron chi connectivity index (χ4n) is 1.28. The predicted molar refractivity (Wildman–Crippen MR) is 69.4 cm³/mol. The van der Waals surface area contributed by atoms with Gasteiger partial charge < -0.3 is 0 Å². The zero-order valence-corrected chi connectivity index (χ0v) is 11.5. The number of benzene rings is 1. The summed E-state index contributed by atoms with van der Waals surface area (Å²) < 4.78 is 23.9. The average molecular weight is 269 g/mol. The summed E-state index contributed by atoms with van der Waals surface area (Å²) in [7, 11) is -3.18. The second-order valence-corrected chi connectivity index (χ2v) is 7.13. The molecule has 0 atom stereocenters. The third kappa shape index (κ3) is 4.41. The van der Waals surface area contributed by atoms with Crippen LogP contribution in [-0.4, -0.2) is 14.2 Å². The van der Waals surface area contributed by atoms with Gasteiger partial charge in [0.15, 0.2) is 9.84 Å². The van der Waals surface area contributed by atoms with Crippen molar-refractivity contribution in [3.8, 4) is 5.40 Å². The maximum Gasteiger partial charge on any atom is 0.178 e. The Kier molecular flexibility index (Phi) is 5.03. The van der Waals surface area contributed by atoms with Gasteiger partial charge in [0, 0.05) is 4.90 Å². The zero-order chi connectivity index (χ0) is 12.9. The molecule has 0 N–H and O–H groups in total. The van der Waals surface area contributed by atoms with Gasteiger partial charge in [0.1, 0.15) is 5.40 Å². The first-order valence-corrected chi connectivity index (χ1v) is 7.81. The summed E-state index contributed by atoms with van der Waals surface area (Å²) in [6, 6.07) is 6.46. The first-order chi connectivity index (χ1) is 7.95. The molecule has 0 amide bonds. The molecular formula is C12H15NO2S2. The van der Waals surface area contributed by atoms with Crippen molar-refractivity contribution in [3.63, 3.8) is 0 Å². The summed E-state index contributed by atoms with van der Waals surface area (Å²) in [5, 5.41) is 10.4. The van der Waals surface area contributed by atoms with Gasteiger partial charge in [-0.25, -0.2) is 8.42 Å². The molecule has 1 aromatic carbocycles. The van der Waals surface area contributed by atoms with Crippen LogP contribution in [0.5, 0.6) is 0 Å². The molecule has 1 rings (SSSR count). The Hall–Kier alpha value is -0.990. The molecule has 5 heteroatoms. The van der Waals surface area contributed by atoms with Crippen LogP contribution in [0.3, 0.4) is 0 Å². The van der Waals surface area contributed by atoms with E-state index >= 15 is 0 Å². The topological polar surface area (TPSA) is 57.9 Å². The number of nitrogens with zero attached hydrogens (tertiary/aromatic N) is 1. The fraction of sp³-hybridized carbons (Fsp3) is 0.417. The molecule has 0 aromatic heterocycles. The second kappa shape index (κ2) is 6.08. The lowest BCUT2D eigenvalue weighted by Gasteiger charge is -2.06. The highest BCUT2D eigenvalue weighted by molar-refractivity contribution is 8.03. The first kappa shape index (κ1) is 14.1. The number of hydrogen-bond acceptors (Lipinski definition) is 4. The molecule has 0 heterocycles. The van der Waals surface area contributed by atoms with Gasteiger partial charge in [0.25, 0.3) is 0 Å². The number of sulfone groups is 1. The molecule has 1 aromatic rings. The maximum absolute atomic E-state index is 11.9. The zero-order valence-electron chi connectivity index (χ0n) is 9.88. The Morgan fingerprint density at radius 3 is 2.35 bits per heavy atom. The monoisotopic (exact) mass is 269 g/mol. The summed E-state index contributed by atoms with van der Waals surface area (Å²) in [6.45, 7) is 4.00. The van der Waals surface area contributed by atoms with Gasteiger partial charge in [-0.2, -0.15) is 5.26 Å². The maximum atomic E-state index is 11.9.